The third-order valence-corrected chi connectivity index (χ3v) is 5.99. The van der Waals surface area contributed by atoms with Crippen molar-refractivity contribution in [1.29, 1.82) is 0 Å². The molecule has 0 saturated heterocycles. The van der Waals surface area contributed by atoms with E-state index in [1.807, 2.05) is 0 Å². The standard InChI is InChI=1S/C22H31P/c1-15(2)21-14-19(17-7-5-16(3)6-8-17)13-18-9-11-22(4,23)12-10-20(18)21/h9-17H,5-8,23H2,1-4H3. The van der Waals surface area contributed by atoms with Gasteiger partial charge in [-0.2, -0.15) is 0 Å². The van der Waals surface area contributed by atoms with Crippen molar-refractivity contribution in [3.8, 4) is 0 Å². The molecule has 1 fully saturated rings. The Labute approximate surface area is 144 Å². The second-order valence-corrected chi connectivity index (χ2v) is 9.50. The molecule has 0 amide bonds. The quantitative estimate of drug-likeness (QED) is 0.526. The molecule has 2 aliphatic rings. The zero-order valence-corrected chi connectivity index (χ0v) is 16.3. The van der Waals surface area contributed by atoms with Crippen LogP contribution < -0.4 is 0 Å². The van der Waals surface area contributed by atoms with Crippen LogP contribution in [0.25, 0.3) is 12.2 Å². The summed E-state index contributed by atoms with van der Waals surface area (Å²) in [6.07, 6.45) is 14.8. The molecule has 1 heteroatoms. The summed E-state index contributed by atoms with van der Waals surface area (Å²) in [5.74, 6) is 2.24. The SMILES string of the molecule is CC1CCC(c2cc3c(c(C(C)C)c2)C=CC(C)(P)C=C3)CC1. The van der Waals surface area contributed by atoms with Gasteiger partial charge in [-0.15, -0.1) is 9.24 Å². The molecule has 0 bridgehead atoms. The van der Waals surface area contributed by atoms with Crippen LogP contribution in [0.4, 0.5) is 0 Å². The van der Waals surface area contributed by atoms with E-state index in [2.05, 4.69) is 73.4 Å². The Morgan fingerprint density at radius 1 is 1.04 bits per heavy atom. The Balaban J connectivity index is 2.04. The molecule has 1 saturated carbocycles. The van der Waals surface area contributed by atoms with Gasteiger partial charge in [0.25, 0.3) is 0 Å². The molecular formula is C22H31P. The van der Waals surface area contributed by atoms with Crippen molar-refractivity contribution in [2.45, 2.75) is 70.4 Å². The first-order chi connectivity index (χ1) is 10.9. The zero-order valence-electron chi connectivity index (χ0n) is 15.1. The highest BCUT2D eigenvalue weighted by molar-refractivity contribution is 7.19. The van der Waals surface area contributed by atoms with E-state index in [-0.39, 0.29) is 5.16 Å². The maximum atomic E-state index is 2.95. The highest BCUT2D eigenvalue weighted by Crippen LogP contribution is 2.39. The molecular weight excluding hydrogens is 295 g/mol. The smallest absolute Gasteiger partial charge is 0.0183 e. The molecule has 2 atom stereocenters. The van der Waals surface area contributed by atoms with E-state index in [0.29, 0.717) is 5.92 Å². The number of fused-ring (bicyclic) bond motifs is 1. The summed E-state index contributed by atoms with van der Waals surface area (Å²) in [5, 5.41) is 0.0632. The van der Waals surface area contributed by atoms with Crippen LogP contribution in [0.5, 0.6) is 0 Å². The summed E-state index contributed by atoms with van der Waals surface area (Å²) in [4.78, 5) is 0. The number of allylic oxidation sites excluding steroid dienone is 2. The lowest BCUT2D eigenvalue weighted by Crippen LogP contribution is -2.12. The maximum Gasteiger partial charge on any atom is 0.0183 e. The Hall–Kier alpha value is -0.870. The zero-order chi connectivity index (χ0) is 16.6. The molecule has 0 radical (unpaired) electrons. The van der Waals surface area contributed by atoms with Gasteiger partial charge < -0.3 is 0 Å². The number of hydrogen-bond donors (Lipinski definition) is 0. The normalized spacial score (nSPS) is 30.3. The van der Waals surface area contributed by atoms with Crippen LogP contribution in [0, 0.1) is 5.92 Å². The summed E-state index contributed by atoms with van der Waals surface area (Å²) >= 11 is 0. The lowest BCUT2D eigenvalue weighted by molar-refractivity contribution is 0.348. The van der Waals surface area contributed by atoms with Crippen LogP contribution >= 0.6 is 9.24 Å². The van der Waals surface area contributed by atoms with E-state index in [9.17, 15) is 0 Å². The molecule has 2 unspecified atom stereocenters. The van der Waals surface area contributed by atoms with Crippen LogP contribution in [0.1, 0.15) is 87.5 Å². The largest absolute Gasteiger partial charge is 0.123 e. The van der Waals surface area contributed by atoms with E-state index >= 15 is 0 Å². The molecule has 3 rings (SSSR count). The van der Waals surface area contributed by atoms with E-state index in [0.717, 1.165) is 11.8 Å². The molecule has 0 spiro atoms. The average molecular weight is 326 g/mol. The summed E-state index contributed by atoms with van der Waals surface area (Å²) in [6.45, 7) is 9.30. The van der Waals surface area contributed by atoms with Gasteiger partial charge in [0.2, 0.25) is 0 Å². The molecule has 2 aliphatic carbocycles. The third-order valence-electron chi connectivity index (χ3n) is 5.61. The van der Waals surface area contributed by atoms with Crippen molar-refractivity contribution in [3.63, 3.8) is 0 Å². The Morgan fingerprint density at radius 3 is 2.35 bits per heavy atom. The molecule has 1 aromatic rings. The number of hydrogen-bond acceptors (Lipinski definition) is 0. The van der Waals surface area contributed by atoms with Gasteiger partial charge in [-0.1, -0.05) is 70.0 Å². The minimum absolute atomic E-state index is 0.0632. The van der Waals surface area contributed by atoms with Gasteiger partial charge in [-0.3, -0.25) is 0 Å². The second-order valence-electron chi connectivity index (χ2n) is 8.26. The minimum Gasteiger partial charge on any atom is -0.123 e. The van der Waals surface area contributed by atoms with Crippen LogP contribution in [0.15, 0.2) is 24.3 Å². The third kappa shape index (κ3) is 3.80. The fourth-order valence-corrected chi connectivity index (χ4v) is 4.14. The van der Waals surface area contributed by atoms with Gasteiger partial charge in [0, 0.05) is 5.16 Å². The Kier molecular flexibility index (Phi) is 4.84. The van der Waals surface area contributed by atoms with Gasteiger partial charge in [0.15, 0.2) is 0 Å². The highest BCUT2D eigenvalue weighted by atomic mass is 31.0. The van der Waals surface area contributed by atoms with Crippen LogP contribution in [-0.4, -0.2) is 5.16 Å². The number of benzene rings is 1. The van der Waals surface area contributed by atoms with Gasteiger partial charge >= 0.3 is 0 Å². The van der Waals surface area contributed by atoms with E-state index < -0.39 is 0 Å². The summed E-state index contributed by atoms with van der Waals surface area (Å²) in [7, 11) is 2.95. The molecule has 0 heterocycles. The van der Waals surface area contributed by atoms with Crippen molar-refractivity contribution in [2.24, 2.45) is 5.92 Å². The molecule has 23 heavy (non-hydrogen) atoms. The van der Waals surface area contributed by atoms with Gasteiger partial charge in [-0.25, -0.2) is 0 Å². The van der Waals surface area contributed by atoms with Crippen molar-refractivity contribution in [3.05, 3.63) is 46.5 Å². The van der Waals surface area contributed by atoms with Crippen LogP contribution in [0.3, 0.4) is 0 Å². The van der Waals surface area contributed by atoms with Crippen molar-refractivity contribution < 1.29 is 0 Å². The molecule has 0 aromatic heterocycles. The molecule has 0 aliphatic heterocycles. The summed E-state index contributed by atoms with van der Waals surface area (Å²) in [5.41, 5.74) is 5.92. The first kappa shape index (κ1) is 17.0. The fraction of sp³-hybridized carbons (Fsp3) is 0.545. The van der Waals surface area contributed by atoms with E-state index in [1.165, 1.54) is 42.4 Å². The van der Waals surface area contributed by atoms with Crippen LogP contribution in [0.2, 0.25) is 0 Å². The summed E-state index contributed by atoms with van der Waals surface area (Å²) in [6, 6.07) is 4.97. The fourth-order valence-electron chi connectivity index (χ4n) is 3.95. The van der Waals surface area contributed by atoms with Gasteiger partial charge in [0.1, 0.15) is 0 Å². The van der Waals surface area contributed by atoms with Crippen LogP contribution in [-0.2, 0) is 0 Å². The van der Waals surface area contributed by atoms with E-state index in [1.54, 1.807) is 5.56 Å². The maximum absolute atomic E-state index is 2.95. The monoisotopic (exact) mass is 326 g/mol. The predicted molar refractivity (Wildman–Crippen MR) is 107 cm³/mol. The van der Waals surface area contributed by atoms with Crippen molar-refractivity contribution >= 4 is 21.4 Å². The lowest BCUT2D eigenvalue weighted by atomic mass is 9.77. The molecule has 124 valence electrons. The molecule has 0 N–H and O–H groups in total. The minimum atomic E-state index is 0.0632. The average Bonchev–Trinajstić information content (AvgIpc) is 2.66. The van der Waals surface area contributed by atoms with Crippen molar-refractivity contribution in [1.82, 2.24) is 0 Å². The first-order valence-electron chi connectivity index (χ1n) is 9.21. The van der Waals surface area contributed by atoms with Gasteiger partial charge in [0.05, 0.1) is 0 Å². The lowest BCUT2D eigenvalue weighted by Gasteiger charge is -2.28. The molecule has 0 nitrogen and oxygen atoms in total. The molecule has 1 aromatic carbocycles. The second kappa shape index (κ2) is 6.56. The van der Waals surface area contributed by atoms with Crippen molar-refractivity contribution in [2.75, 3.05) is 0 Å². The topological polar surface area (TPSA) is 0 Å². The number of rotatable bonds is 2. The predicted octanol–water partition coefficient (Wildman–Crippen LogP) is 6.78. The highest BCUT2D eigenvalue weighted by Gasteiger charge is 2.23. The first-order valence-corrected chi connectivity index (χ1v) is 9.78. The Bertz CT molecular complexity index is 626. The van der Waals surface area contributed by atoms with Gasteiger partial charge in [-0.05, 0) is 59.8 Å². The van der Waals surface area contributed by atoms with E-state index in [4.69, 9.17) is 0 Å². The summed E-state index contributed by atoms with van der Waals surface area (Å²) < 4.78 is 0. The Morgan fingerprint density at radius 2 is 1.70 bits per heavy atom.